The molecule has 82 valence electrons. The lowest BCUT2D eigenvalue weighted by Gasteiger charge is -2.43. The second-order valence-corrected chi connectivity index (χ2v) is 6.38. The number of aliphatic carboxylic acids is 1. The van der Waals surface area contributed by atoms with Gasteiger partial charge in [0.1, 0.15) is 0 Å². The van der Waals surface area contributed by atoms with Gasteiger partial charge in [-0.25, -0.2) is 4.79 Å². The molecule has 0 aromatic rings. The molecular weight excluding hydrogens is 408 g/mol. The first-order valence-corrected chi connectivity index (χ1v) is 7.38. The minimum absolute atomic E-state index is 0.351. The topological polar surface area (TPSA) is 40.5 Å². The van der Waals surface area contributed by atoms with Crippen LogP contribution in [0.15, 0.2) is 0 Å². The van der Waals surface area contributed by atoms with Crippen molar-refractivity contribution in [2.75, 3.05) is 11.0 Å². The minimum Gasteiger partial charge on any atom is -0.479 e. The minimum atomic E-state index is -0.686. The van der Waals surface area contributed by atoms with Gasteiger partial charge in [0.25, 0.3) is 0 Å². The van der Waals surface area contributed by atoms with Gasteiger partial charge < -0.3 is 5.11 Å². The van der Waals surface area contributed by atoms with Crippen LogP contribution in [0.25, 0.3) is 0 Å². The van der Waals surface area contributed by atoms with E-state index < -0.39 is 9.51 Å². The molecule has 14 heavy (non-hydrogen) atoms. The molecule has 1 unspecified atom stereocenters. The van der Waals surface area contributed by atoms with Crippen LogP contribution in [0, 0.1) is 0 Å². The number of alkyl halides is 2. The molecule has 0 aromatic heterocycles. The van der Waals surface area contributed by atoms with Crippen LogP contribution < -0.4 is 0 Å². The molecule has 5 heteroatoms. The van der Waals surface area contributed by atoms with Gasteiger partial charge in [0, 0.05) is 17.0 Å². The van der Waals surface area contributed by atoms with Gasteiger partial charge in [-0.2, -0.15) is 0 Å². The van der Waals surface area contributed by atoms with Crippen LogP contribution in [0.3, 0.4) is 0 Å². The Bertz CT molecular complexity index is 225. The van der Waals surface area contributed by atoms with Gasteiger partial charge in [0.2, 0.25) is 0 Å². The summed E-state index contributed by atoms with van der Waals surface area (Å²) in [6.45, 7) is 3.02. The number of carboxylic acid groups (broad SMARTS) is 1. The Labute approximate surface area is 112 Å². The van der Waals surface area contributed by atoms with Gasteiger partial charge in [-0.1, -0.05) is 22.6 Å². The fraction of sp³-hybridized carbons (Fsp3) is 0.889. The Hall–Kier alpha value is 0.890. The first kappa shape index (κ1) is 13.0. The number of likely N-dealkylation sites (tertiary alicyclic amines) is 1. The van der Waals surface area contributed by atoms with E-state index in [-0.39, 0.29) is 0 Å². The zero-order chi connectivity index (χ0) is 10.8. The quantitative estimate of drug-likeness (QED) is 0.431. The maximum absolute atomic E-state index is 11.3. The van der Waals surface area contributed by atoms with Crippen LogP contribution in [-0.2, 0) is 4.79 Å². The number of nitrogens with zero attached hydrogens (tertiary/aromatic N) is 1. The maximum Gasteiger partial charge on any atom is 0.334 e. The highest BCUT2D eigenvalue weighted by atomic mass is 127. The second kappa shape index (κ2) is 5.29. The van der Waals surface area contributed by atoms with Gasteiger partial charge >= 0.3 is 5.97 Å². The summed E-state index contributed by atoms with van der Waals surface area (Å²) in [6, 6.07) is 0.351. The van der Waals surface area contributed by atoms with Gasteiger partial charge in [-0.15, -0.1) is 0 Å². The Kier molecular flexibility index (Phi) is 4.89. The van der Waals surface area contributed by atoms with Crippen LogP contribution >= 0.6 is 45.2 Å². The molecule has 1 aliphatic heterocycles. The molecule has 1 saturated heterocycles. The average Bonchev–Trinajstić information content (AvgIpc) is 2.17. The molecule has 0 aromatic carbocycles. The van der Waals surface area contributed by atoms with E-state index in [4.69, 9.17) is 0 Å². The third-order valence-corrected chi connectivity index (χ3v) is 5.59. The molecular formula is C9H15I2NO2. The van der Waals surface area contributed by atoms with Gasteiger partial charge in [-0.3, -0.25) is 4.90 Å². The predicted molar refractivity (Wildman–Crippen MR) is 73.3 cm³/mol. The van der Waals surface area contributed by atoms with E-state index in [2.05, 4.69) is 57.0 Å². The SMILES string of the molecule is CC(CI)N1CCCC[C@]1(I)C(=O)O. The van der Waals surface area contributed by atoms with Crippen LogP contribution in [0.2, 0.25) is 0 Å². The van der Waals surface area contributed by atoms with Crippen molar-refractivity contribution < 1.29 is 9.90 Å². The molecule has 0 bridgehead atoms. The monoisotopic (exact) mass is 423 g/mol. The van der Waals surface area contributed by atoms with Crippen molar-refractivity contribution >= 4 is 51.2 Å². The van der Waals surface area contributed by atoms with Crippen LogP contribution in [0.4, 0.5) is 0 Å². The average molecular weight is 423 g/mol. The third-order valence-electron chi connectivity index (χ3n) is 2.70. The smallest absolute Gasteiger partial charge is 0.334 e. The lowest BCUT2D eigenvalue weighted by atomic mass is 10.0. The Morgan fingerprint density at radius 2 is 2.29 bits per heavy atom. The molecule has 1 fully saturated rings. The molecule has 1 aliphatic rings. The van der Waals surface area contributed by atoms with E-state index in [1.165, 1.54) is 0 Å². The standard InChI is InChI=1S/C9H15I2NO2/c1-7(6-10)12-5-3-2-4-9(12,11)8(13)14/h7H,2-6H2,1H3,(H,13,14)/t7?,9-/m1/s1. The number of hydrogen-bond donors (Lipinski definition) is 1. The molecule has 0 amide bonds. The van der Waals surface area contributed by atoms with Gasteiger partial charge in [0.05, 0.1) is 0 Å². The molecule has 0 radical (unpaired) electrons. The Balaban J connectivity index is 2.83. The van der Waals surface area contributed by atoms with E-state index >= 15 is 0 Å². The molecule has 1 rings (SSSR count). The molecule has 1 N–H and O–H groups in total. The number of rotatable bonds is 3. The number of halogens is 2. The summed E-state index contributed by atoms with van der Waals surface area (Å²) in [5, 5.41) is 9.26. The highest BCUT2D eigenvalue weighted by molar-refractivity contribution is 14.1. The zero-order valence-electron chi connectivity index (χ0n) is 8.17. The van der Waals surface area contributed by atoms with E-state index in [0.717, 1.165) is 30.2 Å². The lowest BCUT2D eigenvalue weighted by Crippen LogP contribution is -2.56. The van der Waals surface area contributed by atoms with Crippen molar-refractivity contribution in [2.45, 2.75) is 35.8 Å². The highest BCUT2D eigenvalue weighted by Gasteiger charge is 2.44. The summed E-state index contributed by atoms with van der Waals surface area (Å²) in [6.07, 6.45) is 2.92. The summed E-state index contributed by atoms with van der Waals surface area (Å²) in [4.78, 5) is 13.4. The molecule has 0 spiro atoms. The predicted octanol–water partition coefficient (Wildman–Crippen LogP) is 2.51. The van der Waals surface area contributed by atoms with Crippen molar-refractivity contribution in [1.82, 2.24) is 4.90 Å². The molecule has 3 nitrogen and oxygen atoms in total. The fourth-order valence-corrected chi connectivity index (χ4v) is 3.42. The molecule has 0 aliphatic carbocycles. The van der Waals surface area contributed by atoms with Crippen molar-refractivity contribution in [2.24, 2.45) is 0 Å². The van der Waals surface area contributed by atoms with E-state index in [9.17, 15) is 9.90 Å². The van der Waals surface area contributed by atoms with Gasteiger partial charge in [-0.05, 0) is 48.8 Å². The van der Waals surface area contributed by atoms with Gasteiger partial charge in [0.15, 0.2) is 3.55 Å². The fourth-order valence-electron chi connectivity index (χ4n) is 1.85. The third kappa shape index (κ3) is 2.52. The summed E-state index contributed by atoms with van der Waals surface area (Å²) in [5.74, 6) is -0.686. The molecule has 2 atom stereocenters. The molecule has 1 heterocycles. The van der Waals surface area contributed by atoms with Crippen LogP contribution in [0.1, 0.15) is 26.2 Å². The summed E-state index contributed by atoms with van der Waals surface area (Å²) in [5.41, 5.74) is 0. The highest BCUT2D eigenvalue weighted by Crippen LogP contribution is 2.36. The van der Waals surface area contributed by atoms with Crippen molar-refractivity contribution in [3.8, 4) is 0 Å². The number of carbonyl (C=O) groups is 1. The molecule has 0 saturated carbocycles. The van der Waals surface area contributed by atoms with Crippen LogP contribution in [0.5, 0.6) is 0 Å². The maximum atomic E-state index is 11.3. The van der Waals surface area contributed by atoms with Crippen molar-refractivity contribution in [3.05, 3.63) is 0 Å². The first-order valence-electron chi connectivity index (χ1n) is 4.77. The second-order valence-electron chi connectivity index (χ2n) is 3.72. The van der Waals surface area contributed by atoms with E-state index in [0.29, 0.717) is 6.04 Å². The zero-order valence-corrected chi connectivity index (χ0v) is 12.5. The Morgan fingerprint density at radius 3 is 2.79 bits per heavy atom. The van der Waals surface area contributed by atoms with Crippen molar-refractivity contribution in [3.63, 3.8) is 0 Å². The van der Waals surface area contributed by atoms with Crippen molar-refractivity contribution in [1.29, 1.82) is 0 Å². The summed E-state index contributed by atoms with van der Waals surface area (Å²) >= 11 is 4.42. The largest absolute Gasteiger partial charge is 0.479 e. The lowest BCUT2D eigenvalue weighted by molar-refractivity contribution is -0.146. The number of carboxylic acids is 1. The first-order chi connectivity index (χ1) is 6.52. The summed E-state index contributed by atoms with van der Waals surface area (Å²) in [7, 11) is 0. The van der Waals surface area contributed by atoms with E-state index in [1.807, 2.05) is 0 Å². The summed E-state index contributed by atoms with van der Waals surface area (Å²) < 4.78 is 0.316. The Morgan fingerprint density at radius 1 is 1.64 bits per heavy atom. The normalized spacial score (nSPS) is 31.4. The van der Waals surface area contributed by atoms with E-state index in [1.54, 1.807) is 0 Å². The van der Waals surface area contributed by atoms with Crippen LogP contribution in [-0.4, -0.2) is 36.5 Å². The number of hydrogen-bond acceptors (Lipinski definition) is 2. The number of piperidine rings is 1.